The number of rotatable bonds is 8. The molecule has 0 unspecified atom stereocenters. The molecular formula is C27H33N3O. The van der Waals surface area contributed by atoms with E-state index in [0.29, 0.717) is 13.1 Å². The lowest BCUT2D eigenvalue weighted by molar-refractivity contribution is 0.170. The van der Waals surface area contributed by atoms with Crippen molar-refractivity contribution in [2.75, 3.05) is 32.7 Å². The maximum Gasteiger partial charge on any atom is 0.317 e. The molecule has 3 aromatic rings. The standard InChI is InChI=1S/C27H33N3O/c31-27(28-17-16-23-10-3-1-4-11-23)30(21-20-29-18-7-2-8-19-29)22-25-14-9-13-24-12-5-6-15-26(24)25/h1,3-6,9-15H,2,7-8,16-22H2,(H,28,31). The number of hydrogen-bond acceptors (Lipinski definition) is 2. The van der Waals surface area contributed by atoms with Crippen LogP contribution in [0.3, 0.4) is 0 Å². The smallest absolute Gasteiger partial charge is 0.317 e. The highest BCUT2D eigenvalue weighted by Crippen LogP contribution is 2.20. The van der Waals surface area contributed by atoms with Gasteiger partial charge in [0.1, 0.15) is 0 Å². The third kappa shape index (κ3) is 6.08. The number of hydrogen-bond donors (Lipinski definition) is 1. The number of carbonyl (C=O) groups is 1. The number of nitrogens with one attached hydrogen (secondary N) is 1. The van der Waals surface area contributed by atoms with Crippen molar-refractivity contribution in [1.29, 1.82) is 0 Å². The second-order valence-corrected chi connectivity index (χ2v) is 8.43. The van der Waals surface area contributed by atoms with Crippen molar-refractivity contribution in [3.8, 4) is 0 Å². The summed E-state index contributed by atoms with van der Waals surface area (Å²) >= 11 is 0. The van der Waals surface area contributed by atoms with Crippen LogP contribution in [0.25, 0.3) is 10.8 Å². The molecule has 1 saturated heterocycles. The van der Waals surface area contributed by atoms with E-state index in [1.807, 2.05) is 23.1 Å². The lowest BCUT2D eigenvalue weighted by atomic mass is 10.0. The van der Waals surface area contributed by atoms with E-state index in [4.69, 9.17) is 0 Å². The molecule has 1 fully saturated rings. The third-order valence-electron chi connectivity index (χ3n) is 6.20. The largest absolute Gasteiger partial charge is 0.338 e. The lowest BCUT2D eigenvalue weighted by Gasteiger charge is -2.30. The van der Waals surface area contributed by atoms with Gasteiger partial charge in [0.05, 0.1) is 0 Å². The van der Waals surface area contributed by atoms with Crippen molar-refractivity contribution < 1.29 is 4.79 Å². The first-order chi connectivity index (χ1) is 15.3. The van der Waals surface area contributed by atoms with E-state index in [2.05, 4.69) is 64.8 Å². The molecule has 0 bridgehead atoms. The predicted molar refractivity (Wildman–Crippen MR) is 128 cm³/mol. The van der Waals surface area contributed by atoms with Gasteiger partial charge < -0.3 is 15.1 Å². The minimum absolute atomic E-state index is 0.0286. The van der Waals surface area contributed by atoms with Gasteiger partial charge in [-0.3, -0.25) is 0 Å². The van der Waals surface area contributed by atoms with Gasteiger partial charge in [0.25, 0.3) is 0 Å². The van der Waals surface area contributed by atoms with E-state index >= 15 is 0 Å². The Morgan fingerprint density at radius 2 is 1.61 bits per heavy atom. The van der Waals surface area contributed by atoms with E-state index in [9.17, 15) is 4.79 Å². The fourth-order valence-electron chi connectivity index (χ4n) is 4.40. The summed E-state index contributed by atoms with van der Waals surface area (Å²) < 4.78 is 0. The second kappa shape index (κ2) is 11.0. The van der Waals surface area contributed by atoms with Crippen LogP contribution >= 0.6 is 0 Å². The molecule has 162 valence electrons. The quantitative estimate of drug-likeness (QED) is 0.557. The zero-order valence-corrected chi connectivity index (χ0v) is 18.3. The summed E-state index contributed by atoms with van der Waals surface area (Å²) in [6, 6.07) is 25.2. The molecule has 4 nitrogen and oxygen atoms in total. The number of piperidine rings is 1. The van der Waals surface area contributed by atoms with Gasteiger partial charge in [-0.05, 0) is 54.3 Å². The van der Waals surface area contributed by atoms with E-state index in [0.717, 1.165) is 32.6 Å². The van der Waals surface area contributed by atoms with Gasteiger partial charge >= 0.3 is 6.03 Å². The van der Waals surface area contributed by atoms with Crippen molar-refractivity contribution in [2.45, 2.75) is 32.2 Å². The Hall–Kier alpha value is -2.85. The van der Waals surface area contributed by atoms with Gasteiger partial charge in [0.15, 0.2) is 0 Å². The highest BCUT2D eigenvalue weighted by Gasteiger charge is 2.17. The molecule has 1 N–H and O–H groups in total. The number of benzene rings is 3. The van der Waals surface area contributed by atoms with Crippen LogP contribution in [0.15, 0.2) is 72.8 Å². The molecule has 0 aliphatic carbocycles. The molecule has 4 heteroatoms. The van der Waals surface area contributed by atoms with Crippen LogP contribution in [0.4, 0.5) is 4.79 Å². The van der Waals surface area contributed by atoms with Gasteiger partial charge in [0.2, 0.25) is 0 Å². The summed E-state index contributed by atoms with van der Waals surface area (Å²) in [5.74, 6) is 0. The molecule has 0 aromatic heterocycles. The fraction of sp³-hybridized carbons (Fsp3) is 0.370. The van der Waals surface area contributed by atoms with E-state index in [1.165, 1.54) is 41.2 Å². The second-order valence-electron chi connectivity index (χ2n) is 8.43. The van der Waals surface area contributed by atoms with Crippen LogP contribution in [-0.2, 0) is 13.0 Å². The molecule has 31 heavy (non-hydrogen) atoms. The maximum atomic E-state index is 13.1. The SMILES string of the molecule is O=C(NCCc1ccccc1)N(CCN1CCCCC1)Cc1cccc2ccccc12. The van der Waals surface area contributed by atoms with Crippen molar-refractivity contribution >= 4 is 16.8 Å². The van der Waals surface area contributed by atoms with Crippen molar-refractivity contribution in [2.24, 2.45) is 0 Å². The Bertz CT molecular complexity index is 961. The minimum Gasteiger partial charge on any atom is -0.338 e. The molecule has 1 aliphatic heterocycles. The van der Waals surface area contributed by atoms with Gasteiger partial charge in [-0.2, -0.15) is 0 Å². The Labute approximate surface area is 185 Å². The summed E-state index contributed by atoms with van der Waals surface area (Å²) in [6.07, 6.45) is 4.72. The summed E-state index contributed by atoms with van der Waals surface area (Å²) in [7, 11) is 0. The molecule has 3 aromatic carbocycles. The van der Waals surface area contributed by atoms with Crippen LogP contribution in [0.1, 0.15) is 30.4 Å². The summed E-state index contributed by atoms with van der Waals surface area (Å²) in [5.41, 5.74) is 2.45. The minimum atomic E-state index is 0.0286. The molecule has 4 rings (SSSR count). The Balaban J connectivity index is 1.43. The Morgan fingerprint density at radius 1 is 0.871 bits per heavy atom. The number of amides is 2. The number of likely N-dealkylation sites (tertiary alicyclic amines) is 1. The van der Waals surface area contributed by atoms with Crippen LogP contribution in [-0.4, -0.2) is 48.6 Å². The summed E-state index contributed by atoms with van der Waals surface area (Å²) in [4.78, 5) is 17.6. The zero-order valence-electron chi connectivity index (χ0n) is 18.3. The van der Waals surface area contributed by atoms with Crippen molar-refractivity contribution in [1.82, 2.24) is 15.1 Å². The van der Waals surface area contributed by atoms with Gasteiger partial charge in [-0.1, -0.05) is 79.2 Å². The normalized spacial score (nSPS) is 14.5. The molecule has 0 saturated carbocycles. The molecule has 0 spiro atoms. The van der Waals surface area contributed by atoms with E-state index < -0.39 is 0 Å². The molecule has 0 atom stereocenters. The third-order valence-corrected chi connectivity index (χ3v) is 6.20. The van der Waals surface area contributed by atoms with Crippen molar-refractivity contribution in [3.63, 3.8) is 0 Å². The van der Waals surface area contributed by atoms with Crippen LogP contribution < -0.4 is 5.32 Å². The Kier molecular flexibility index (Phi) is 7.56. The first-order valence-electron chi connectivity index (χ1n) is 11.6. The molecule has 1 aliphatic rings. The Morgan fingerprint density at radius 3 is 2.45 bits per heavy atom. The van der Waals surface area contributed by atoms with Gasteiger partial charge in [0, 0.05) is 26.2 Å². The predicted octanol–water partition coefficient (Wildman–Crippen LogP) is 5.08. The number of carbonyl (C=O) groups excluding carboxylic acids is 1. The number of nitrogens with zero attached hydrogens (tertiary/aromatic N) is 2. The summed E-state index contributed by atoms with van der Waals surface area (Å²) in [5, 5.41) is 5.61. The average molecular weight is 416 g/mol. The molecule has 1 heterocycles. The number of fused-ring (bicyclic) bond motifs is 1. The highest BCUT2D eigenvalue weighted by molar-refractivity contribution is 5.86. The van der Waals surface area contributed by atoms with E-state index in [-0.39, 0.29) is 6.03 Å². The van der Waals surface area contributed by atoms with Gasteiger partial charge in [-0.25, -0.2) is 4.79 Å². The topological polar surface area (TPSA) is 35.6 Å². The first-order valence-corrected chi connectivity index (χ1v) is 11.6. The van der Waals surface area contributed by atoms with Gasteiger partial charge in [-0.15, -0.1) is 0 Å². The van der Waals surface area contributed by atoms with E-state index in [1.54, 1.807) is 0 Å². The molecule has 0 radical (unpaired) electrons. The zero-order chi connectivity index (χ0) is 21.3. The maximum absolute atomic E-state index is 13.1. The van der Waals surface area contributed by atoms with Crippen LogP contribution in [0.5, 0.6) is 0 Å². The lowest BCUT2D eigenvalue weighted by Crippen LogP contribution is -2.45. The molecular weight excluding hydrogens is 382 g/mol. The first kappa shape index (κ1) is 21.4. The summed E-state index contributed by atoms with van der Waals surface area (Å²) in [6.45, 7) is 5.28. The number of urea groups is 1. The van der Waals surface area contributed by atoms with Crippen LogP contribution in [0.2, 0.25) is 0 Å². The molecule has 2 amide bonds. The van der Waals surface area contributed by atoms with Crippen LogP contribution in [0, 0.1) is 0 Å². The highest BCUT2D eigenvalue weighted by atomic mass is 16.2. The van der Waals surface area contributed by atoms with Crippen molar-refractivity contribution in [3.05, 3.63) is 83.9 Å². The monoisotopic (exact) mass is 415 g/mol. The fourth-order valence-corrected chi connectivity index (χ4v) is 4.40. The average Bonchev–Trinajstić information content (AvgIpc) is 2.83.